The molecule has 2 aromatic carbocycles. The lowest BCUT2D eigenvalue weighted by Gasteiger charge is -2.08. The number of benzene rings is 2. The fourth-order valence-electron chi connectivity index (χ4n) is 2.61. The zero-order valence-electron chi connectivity index (χ0n) is 12.5. The Bertz CT molecular complexity index is 1080. The summed E-state index contributed by atoms with van der Waals surface area (Å²) in [5, 5.41) is 17.5. The van der Waals surface area contributed by atoms with Gasteiger partial charge in [0, 0.05) is 16.5 Å². The van der Waals surface area contributed by atoms with Crippen LogP contribution in [0.3, 0.4) is 0 Å². The summed E-state index contributed by atoms with van der Waals surface area (Å²) >= 11 is 0. The van der Waals surface area contributed by atoms with Gasteiger partial charge in [-0.1, -0.05) is 0 Å². The number of nitrogens with one attached hydrogen (secondary N) is 3. The maximum Gasteiger partial charge on any atom is 0.416 e. The lowest BCUT2D eigenvalue weighted by Crippen LogP contribution is -2.13. The molecule has 1 amide bonds. The molecule has 0 atom stereocenters. The molecular weight excluding hydrogens is 335 g/mol. The van der Waals surface area contributed by atoms with Crippen LogP contribution in [0.25, 0.3) is 21.8 Å². The van der Waals surface area contributed by atoms with Crippen molar-refractivity contribution in [2.45, 2.75) is 6.18 Å². The Balaban J connectivity index is 1.64. The van der Waals surface area contributed by atoms with Crippen LogP contribution in [-0.2, 0) is 6.18 Å². The number of halogens is 3. The molecule has 0 saturated carbocycles. The molecule has 0 radical (unpaired) electrons. The Kier molecular flexibility index (Phi) is 3.24. The third-order valence-electron chi connectivity index (χ3n) is 3.84. The van der Waals surface area contributed by atoms with Crippen LogP contribution in [-0.4, -0.2) is 26.3 Å². The minimum absolute atomic E-state index is 0.220. The van der Waals surface area contributed by atoms with Crippen LogP contribution >= 0.6 is 0 Å². The largest absolute Gasteiger partial charge is 0.416 e. The lowest BCUT2D eigenvalue weighted by molar-refractivity contribution is -0.137. The monoisotopic (exact) mass is 345 g/mol. The number of amides is 1. The van der Waals surface area contributed by atoms with E-state index in [1.54, 1.807) is 18.3 Å². The van der Waals surface area contributed by atoms with Crippen molar-refractivity contribution in [1.29, 1.82) is 0 Å². The van der Waals surface area contributed by atoms with E-state index < -0.39 is 17.6 Å². The highest BCUT2D eigenvalue weighted by atomic mass is 19.4. The molecule has 25 heavy (non-hydrogen) atoms. The third-order valence-corrected chi connectivity index (χ3v) is 3.84. The third kappa shape index (κ3) is 2.59. The molecule has 2 heterocycles. The zero-order valence-corrected chi connectivity index (χ0v) is 12.5. The Hall–Kier alpha value is -3.36. The molecule has 0 bridgehead atoms. The molecule has 0 saturated heterocycles. The molecule has 3 N–H and O–H groups in total. The van der Waals surface area contributed by atoms with Gasteiger partial charge < -0.3 is 5.32 Å². The summed E-state index contributed by atoms with van der Waals surface area (Å²) in [6.45, 7) is 0. The van der Waals surface area contributed by atoms with Crippen LogP contribution in [0.2, 0.25) is 0 Å². The maximum absolute atomic E-state index is 12.6. The number of aromatic nitrogens is 4. The number of carbonyl (C=O) groups is 1. The van der Waals surface area contributed by atoms with E-state index in [2.05, 4.69) is 25.7 Å². The summed E-state index contributed by atoms with van der Waals surface area (Å²) in [6.07, 6.45) is -2.81. The van der Waals surface area contributed by atoms with Crippen molar-refractivity contribution in [2.24, 2.45) is 0 Å². The van der Waals surface area contributed by atoms with E-state index in [0.717, 1.165) is 23.0 Å². The van der Waals surface area contributed by atoms with Gasteiger partial charge >= 0.3 is 6.18 Å². The Labute approximate surface area is 138 Å². The number of carbonyl (C=O) groups excluding carboxylic acids is 1. The molecular formula is C16H10F3N5O. The van der Waals surface area contributed by atoms with Crippen LogP contribution in [0.1, 0.15) is 16.1 Å². The van der Waals surface area contributed by atoms with Crippen molar-refractivity contribution < 1.29 is 18.0 Å². The number of aromatic amines is 2. The van der Waals surface area contributed by atoms with Crippen LogP contribution in [0, 0.1) is 0 Å². The predicted octanol–water partition coefficient (Wildman–Crippen LogP) is 3.71. The Morgan fingerprint density at radius 2 is 1.76 bits per heavy atom. The smallest absolute Gasteiger partial charge is 0.321 e. The van der Waals surface area contributed by atoms with Gasteiger partial charge in [0.05, 0.1) is 17.3 Å². The molecule has 0 aliphatic heterocycles. The summed E-state index contributed by atoms with van der Waals surface area (Å²) in [6, 6.07) is 7.72. The molecule has 0 spiro atoms. The summed E-state index contributed by atoms with van der Waals surface area (Å²) in [7, 11) is 0. The first kappa shape index (κ1) is 15.2. The molecule has 2 aromatic heterocycles. The number of hydrogen-bond donors (Lipinski definition) is 3. The number of fused-ring (bicyclic) bond motifs is 3. The van der Waals surface area contributed by atoms with Crippen LogP contribution in [0.5, 0.6) is 0 Å². The van der Waals surface area contributed by atoms with Gasteiger partial charge in [0.25, 0.3) is 5.91 Å². The number of hydrogen-bond acceptors (Lipinski definition) is 3. The van der Waals surface area contributed by atoms with E-state index in [1.165, 1.54) is 12.1 Å². The van der Waals surface area contributed by atoms with Gasteiger partial charge in [-0.05, 0) is 36.4 Å². The number of alkyl halides is 3. The first-order valence-electron chi connectivity index (χ1n) is 7.22. The van der Waals surface area contributed by atoms with Gasteiger partial charge in [0.1, 0.15) is 11.2 Å². The van der Waals surface area contributed by atoms with Gasteiger partial charge in [-0.15, -0.1) is 0 Å². The lowest BCUT2D eigenvalue weighted by atomic mass is 10.1. The second kappa shape index (κ2) is 5.33. The van der Waals surface area contributed by atoms with Gasteiger partial charge in [-0.3, -0.25) is 15.0 Å². The van der Waals surface area contributed by atoms with Crippen molar-refractivity contribution in [2.75, 3.05) is 5.32 Å². The molecule has 6 nitrogen and oxygen atoms in total. The molecule has 126 valence electrons. The molecule has 0 unspecified atom stereocenters. The fourth-order valence-corrected chi connectivity index (χ4v) is 2.61. The minimum Gasteiger partial charge on any atom is -0.321 e. The highest BCUT2D eigenvalue weighted by Gasteiger charge is 2.30. The second-order valence-electron chi connectivity index (χ2n) is 5.42. The van der Waals surface area contributed by atoms with Crippen LogP contribution in [0.15, 0.2) is 42.6 Å². The van der Waals surface area contributed by atoms with E-state index >= 15 is 0 Å². The molecule has 0 aliphatic rings. The second-order valence-corrected chi connectivity index (χ2v) is 5.42. The quantitative estimate of drug-likeness (QED) is 0.518. The predicted molar refractivity (Wildman–Crippen MR) is 85.1 cm³/mol. The highest BCUT2D eigenvalue weighted by molar-refractivity contribution is 6.15. The number of rotatable bonds is 2. The highest BCUT2D eigenvalue weighted by Crippen LogP contribution is 2.30. The van der Waals surface area contributed by atoms with E-state index in [1.807, 2.05) is 0 Å². The SMILES string of the molecule is O=C(Nc1ccc(C(F)(F)F)cc1)c1[nH]nc2c1ccc1[nH]ncc12. The van der Waals surface area contributed by atoms with Crippen molar-refractivity contribution >= 4 is 33.4 Å². The van der Waals surface area contributed by atoms with Crippen molar-refractivity contribution in [1.82, 2.24) is 20.4 Å². The number of anilines is 1. The standard InChI is InChI=1S/C16H10F3N5O/c17-16(18,19)8-1-3-9(4-2-8)21-15(25)14-10-5-6-12-11(7-20-22-12)13(10)23-24-14/h1-7H,(H,20,22)(H,21,25)(H,23,24). The summed E-state index contributed by atoms with van der Waals surface area (Å²) in [4.78, 5) is 12.4. The van der Waals surface area contributed by atoms with Crippen LogP contribution < -0.4 is 5.32 Å². The van der Waals surface area contributed by atoms with Crippen LogP contribution in [0.4, 0.5) is 18.9 Å². The molecule has 9 heteroatoms. The summed E-state index contributed by atoms with van der Waals surface area (Å²) < 4.78 is 37.7. The topological polar surface area (TPSA) is 86.5 Å². The zero-order chi connectivity index (χ0) is 17.6. The molecule has 4 aromatic rings. The van der Waals surface area contributed by atoms with Gasteiger partial charge in [0.15, 0.2) is 0 Å². The van der Waals surface area contributed by atoms with Gasteiger partial charge in [-0.25, -0.2) is 0 Å². The first-order chi connectivity index (χ1) is 11.9. The minimum atomic E-state index is -4.42. The van der Waals surface area contributed by atoms with E-state index in [-0.39, 0.29) is 11.4 Å². The van der Waals surface area contributed by atoms with E-state index in [9.17, 15) is 18.0 Å². The Morgan fingerprint density at radius 3 is 2.48 bits per heavy atom. The van der Waals surface area contributed by atoms with Crippen molar-refractivity contribution in [3.05, 3.63) is 53.9 Å². The summed E-state index contributed by atoms with van der Waals surface area (Å²) in [5.74, 6) is -0.495. The first-order valence-corrected chi connectivity index (χ1v) is 7.22. The average Bonchev–Trinajstić information content (AvgIpc) is 3.20. The van der Waals surface area contributed by atoms with Crippen molar-refractivity contribution in [3.63, 3.8) is 0 Å². The van der Waals surface area contributed by atoms with Crippen molar-refractivity contribution in [3.8, 4) is 0 Å². The Morgan fingerprint density at radius 1 is 1.00 bits per heavy atom. The fraction of sp³-hybridized carbons (Fsp3) is 0.0625. The van der Waals surface area contributed by atoms with E-state index in [0.29, 0.717) is 10.9 Å². The number of H-pyrrole nitrogens is 2. The molecule has 0 aliphatic carbocycles. The normalized spacial score (nSPS) is 12.0. The average molecular weight is 345 g/mol. The van der Waals surface area contributed by atoms with Gasteiger partial charge in [-0.2, -0.15) is 23.4 Å². The maximum atomic E-state index is 12.6. The molecule has 0 fully saturated rings. The molecule has 4 rings (SSSR count). The summed E-state index contributed by atoms with van der Waals surface area (Å²) in [5.41, 5.74) is 1.07. The van der Waals surface area contributed by atoms with E-state index in [4.69, 9.17) is 0 Å². The van der Waals surface area contributed by atoms with Gasteiger partial charge in [0.2, 0.25) is 0 Å². The number of nitrogens with zero attached hydrogens (tertiary/aromatic N) is 2.